The van der Waals surface area contributed by atoms with E-state index < -0.39 is 0 Å². The first-order valence-corrected chi connectivity index (χ1v) is 8.14. The third kappa shape index (κ3) is 4.96. The lowest BCUT2D eigenvalue weighted by Crippen LogP contribution is -2.35. The van der Waals surface area contributed by atoms with Gasteiger partial charge in [0, 0.05) is 13.1 Å². The van der Waals surface area contributed by atoms with E-state index in [1.165, 1.54) is 12.8 Å². The minimum absolute atomic E-state index is 0. The number of hydrogen-bond donors (Lipinski definition) is 1. The highest BCUT2D eigenvalue weighted by molar-refractivity contribution is 7.13. The van der Waals surface area contributed by atoms with Crippen molar-refractivity contribution in [2.75, 3.05) is 19.6 Å². The SMILES string of the molecule is Cl.Cl.NCCC1CCCN(Cc2coc(-c3cccs3)n2)C1. The number of likely N-dealkylation sites (tertiary alicyclic amines) is 1. The lowest BCUT2D eigenvalue weighted by atomic mass is 9.95. The molecule has 0 saturated carbocycles. The Bertz CT molecular complexity index is 531. The quantitative estimate of drug-likeness (QED) is 0.877. The van der Waals surface area contributed by atoms with Gasteiger partial charge in [0.25, 0.3) is 0 Å². The molecule has 22 heavy (non-hydrogen) atoms. The van der Waals surface area contributed by atoms with Crippen molar-refractivity contribution in [1.29, 1.82) is 0 Å². The Morgan fingerprint density at radius 1 is 1.41 bits per heavy atom. The lowest BCUT2D eigenvalue weighted by molar-refractivity contribution is 0.161. The number of nitrogens with zero attached hydrogens (tertiary/aromatic N) is 2. The van der Waals surface area contributed by atoms with Crippen LogP contribution in [-0.4, -0.2) is 29.5 Å². The smallest absolute Gasteiger partial charge is 0.236 e. The molecule has 7 heteroatoms. The molecule has 124 valence electrons. The topological polar surface area (TPSA) is 55.3 Å². The molecule has 2 aromatic rings. The average Bonchev–Trinajstić information content (AvgIpc) is 3.10. The second kappa shape index (κ2) is 9.53. The van der Waals surface area contributed by atoms with Crippen LogP contribution in [0.1, 0.15) is 25.0 Å². The Morgan fingerprint density at radius 3 is 3.00 bits per heavy atom. The second-order valence-corrected chi connectivity index (χ2v) is 6.39. The number of thiophene rings is 1. The Hall–Kier alpha value is -0.590. The summed E-state index contributed by atoms with van der Waals surface area (Å²) in [7, 11) is 0. The molecule has 0 spiro atoms. The van der Waals surface area contributed by atoms with Gasteiger partial charge in [-0.3, -0.25) is 4.90 Å². The fourth-order valence-electron chi connectivity index (χ4n) is 2.89. The molecule has 1 saturated heterocycles. The highest BCUT2D eigenvalue weighted by Crippen LogP contribution is 2.25. The van der Waals surface area contributed by atoms with E-state index in [1.54, 1.807) is 17.6 Å². The monoisotopic (exact) mass is 363 g/mol. The molecule has 0 amide bonds. The molecule has 1 aliphatic rings. The van der Waals surface area contributed by atoms with Gasteiger partial charge in [0.05, 0.1) is 10.6 Å². The van der Waals surface area contributed by atoms with Gasteiger partial charge in [0.1, 0.15) is 6.26 Å². The van der Waals surface area contributed by atoms with E-state index in [-0.39, 0.29) is 24.8 Å². The van der Waals surface area contributed by atoms with E-state index >= 15 is 0 Å². The standard InChI is InChI=1S/C15H21N3OS.2ClH/c16-6-5-12-3-1-7-18(9-12)10-13-11-19-15(17-13)14-4-2-8-20-14;;/h2,4,8,11-12H,1,3,5-7,9-10,16H2;2*1H. The third-order valence-corrected chi connectivity index (χ3v) is 4.71. The van der Waals surface area contributed by atoms with Crippen molar-refractivity contribution in [2.24, 2.45) is 11.7 Å². The number of piperidine rings is 1. The normalized spacial score (nSPS) is 18.5. The first-order valence-electron chi connectivity index (χ1n) is 7.26. The number of rotatable bonds is 5. The van der Waals surface area contributed by atoms with Gasteiger partial charge in [-0.05, 0) is 49.7 Å². The van der Waals surface area contributed by atoms with Crippen LogP contribution in [0.25, 0.3) is 10.8 Å². The zero-order valence-corrected chi connectivity index (χ0v) is 14.9. The number of oxazole rings is 1. The molecule has 0 radical (unpaired) electrons. The number of hydrogen-bond acceptors (Lipinski definition) is 5. The van der Waals surface area contributed by atoms with E-state index in [0.29, 0.717) is 0 Å². The summed E-state index contributed by atoms with van der Waals surface area (Å²) in [4.78, 5) is 8.16. The van der Waals surface area contributed by atoms with Crippen LogP contribution < -0.4 is 5.73 Å². The molecular formula is C15H23Cl2N3OS. The van der Waals surface area contributed by atoms with E-state index in [9.17, 15) is 0 Å². The van der Waals surface area contributed by atoms with Crippen LogP contribution in [0.3, 0.4) is 0 Å². The Labute approximate surface area is 147 Å². The summed E-state index contributed by atoms with van der Waals surface area (Å²) in [5.74, 6) is 1.49. The Kier molecular flexibility index (Phi) is 8.43. The highest BCUT2D eigenvalue weighted by Gasteiger charge is 2.20. The van der Waals surface area contributed by atoms with Crippen LogP contribution in [0.15, 0.2) is 28.2 Å². The molecule has 0 aromatic carbocycles. The maximum atomic E-state index is 5.67. The number of aromatic nitrogens is 1. The summed E-state index contributed by atoms with van der Waals surface area (Å²) in [5.41, 5.74) is 6.70. The molecule has 1 aliphatic heterocycles. The van der Waals surface area contributed by atoms with Crippen LogP contribution in [-0.2, 0) is 6.54 Å². The van der Waals surface area contributed by atoms with E-state index in [2.05, 4.69) is 9.88 Å². The molecule has 0 bridgehead atoms. The van der Waals surface area contributed by atoms with Crippen molar-refractivity contribution in [2.45, 2.75) is 25.8 Å². The van der Waals surface area contributed by atoms with Crippen molar-refractivity contribution in [1.82, 2.24) is 9.88 Å². The van der Waals surface area contributed by atoms with Crippen LogP contribution in [0.4, 0.5) is 0 Å². The largest absolute Gasteiger partial charge is 0.444 e. The number of nitrogens with two attached hydrogens (primary N) is 1. The molecule has 1 fully saturated rings. The van der Waals surface area contributed by atoms with Crippen molar-refractivity contribution in [3.8, 4) is 10.8 Å². The maximum Gasteiger partial charge on any atom is 0.236 e. The summed E-state index contributed by atoms with van der Waals surface area (Å²) in [6.07, 6.45) is 5.50. The molecule has 3 heterocycles. The van der Waals surface area contributed by atoms with Gasteiger partial charge in [-0.15, -0.1) is 36.2 Å². The summed E-state index contributed by atoms with van der Waals surface area (Å²) < 4.78 is 5.58. The summed E-state index contributed by atoms with van der Waals surface area (Å²) in [5, 5.41) is 2.04. The van der Waals surface area contributed by atoms with Crippen LogP contribution in [0.5, 0.6) is 0 Å². The fraction of sp³-hybridized carbons (Fsp3) is 0.533. The van der Waals surface area contributed by atoms with Gasteiger partial charge in [-0.2, -0.15) is 0 Å². The van der Waals surface area contributed by atoms with Crippen molar-refractivity contribution < 1.29 is 4.42 Å². The van der Waals surface area contributed by atoms with Crippen LogP contribution in [0, 0.1) is 5.92 Å². The molecule has 2 aromatic heterocycles. The first kappa shape index (κ1) is 19.5. The zero-order chi connectivity index (χ0) is 13.8. The molecule has 2 N–H and O–H groups in total. The van der Waals surface area contributed by atoms with Gasteiger partial charge in [0.2, 0.25) is 5.89 Å². The van der Waals surface area contributed by atoms with Crippen LogP contribution in [0.2, 0.25) is 0 Å². The van der Waals surface area contributed by atoms with Gasteiger partial charge in [-0.25, -0.2) is 4.98 Å². The number of halogens is 2. The molecule has 1 atom stereocenters. The first-order chi connectivity index (χ1) is 9.85. The predicted octanol–water partition coefficient (Wildman–Crippen LogP) is 3.81. The summed E-state index contributed by atoms with van der Waals surface area (Å²) in [6, 6.07) is 4.06. The summed E-state index contributed by atoms with van der Waals surface area (Å²) in [6.45, 7) is 3.97. The average molecular weight is 364 g/mol. The molecule has 0 aliphatic carbocycles. The lowest BCUT2D eigenvalue weighted by Gasteiger charge is -2.31. The summed E-state index contributed by atoms with van der Waals surface area (Å²) >= 11 is 1.66. The van der Waals surface area contributed by atoms with Crippen molar-refractivity contribution in [3.05, 3.63) is 29.5 Å². The molecule has 1 unspecified atom stereocenters. The van der Waals surface area contributed by atoms with E-state index in [0.717, 1.165) is 55.0 Å². The van der Waals surface area contributed by atoms with Crippen molar-refractivity contribution in [3.63, 3.8) is 0 Å². The minimum Gasteiger partial charge on any atom is -0.444 e. The van der Waals surface area contributed by atoms with E-state index in [1.807, 2.05) is 17.5 Å². The zero-order valence-electron chi connectivity index (χ0n) is 12.4. The Balaban J connectivity index is 0.00000121. The molecular weight excluding hydrogens is 341 g/mol. The maximum absolute atomic E-state index is 5.67. The van der Waals surface area contributed by atoms with Crippen molar-refractivity contribution >= 4 is 36.2 Å². The second-order valence-electron chi connectivity index (χ2n) is 5.44. The molecule has 4 nitrogen and oxygen atoms in total. The van der Waals surface area contributed by atoms with Gasteiger partial charge in [0.15, 0.2) is 0 Å². The van der Waals surface area contributed by atoms with Gasteiger partial charge >= 0.3 is 0 Å². The van der Waals surface area contributed by atoms with E-state index in [4.69, 9.17) is 10.2 Å². The third-order valence-electron chi connectivity index (χ3n) is 3.85. The molecule has 3 rings (SSSR count). The van der Waals surface area contributed by atoms with Gasteiger partial charge in [-0.1, -0.05) is 6.07 Å². The van der Waals surface area contributed by atoms with Gasteiger partial charge < -0.3 is 10.2 Å². The fourth-order valence-corrected chi connectivity index (χ4v) is 3.54. The Morgan fingerprint density at radius 2 is 2.27 bits per heavy atom. The highest BCUT2D eigenvalue weighted by atomic mass is 35.5. The predicted molar refractivity (Wildman–Crippen MR) is 96.0 cm³/mol. The van der Waals surface area contributed by atoms with Crippen LogP contribution >= 0.6 is 36.2 Å². The minimum atomic E-state index is 0.